The minimum atomic E-state index is -4.67. The molecule has 5 nitrogen and oxygen atoms in total. The van der Waals surface area contributed by atoms with E-state index in [1.165, 1.54) is 17.9 Å². The summed E-state index contributed by atoms with van der Waals surface area (Å²) in [5, 5.41) is 7.75. The molecular formula is C13H20F3N3O2S. The van der Waals surface area contributed by atoms with Crippen molar-refractivity contribution < 1.29 is 21.6 Å². The van der Waals surface area contributed by atoms with Crippen LogP contribution in [-0.2, 0) is 9.84 Å². The van der Waals surface area contributed by atoms with Gasteiger partial charge >= 0.3 is 6.18 Å². The van der Waals surface area contributed by atoms with E-state index in [9.17, 15) is 21.6 Å². The predicted octanol–water partition coefficient (Wildman–Crippen LogP) is 2.26. The van der Waals surface area contributed by atoms with Crippen LogP contribution in [0, 0.1) is 11.3 Å². The lowest BCUT2D eigenvalue weighted by Gasteiger charge is -2.27. The standard InChI is InChI=1S/C13H20F3N3O2S/c1-4-10(9(2)3)11(13(14,15)16)18-12(17)19-5-7-22(20,21)8-6-19/h4,9,17H,5-8H2,1-3H3/b10-4-,17-12?,18-11?. The summed E-state index contributed by atoms with van der Waals surface area (Å²) in [6, 6.07) is 0. The SMILES string of the molecule is C/C=C(\C(=NC(=N)N1CCS(=O)(=O)CC1)C(F)(F)F)C(C)C. The lowest BCUT2D eigenvalue weighted by atomic mass is 9.97. The molecule has 0 amide bonds. The third-order valence-electron chi connectivity index (χ3n) is 3.34. The second kappa shape index (κ2) is 6.80. The highest BCUT2D eigenvalue weighted by Crippen LogP contribution is 2.26. The number of rotatable bonds is 2. The van der Waals surface area contributed by atoms with Crippen LogP contribution >= 0.6 is 0 Å². The Labute approximate surface area is 128 Å². The summed E-state index contributed by atoms with van der Waals surface area (Å²) in [6.45, 7) is 4.71. The van der Waals surface area contributed by atoms with Crippen LogP contribution in [0.1, 0.15) is 20.8 Å². The molecule has 1 aliphatic rings. The van der Waals surface area contributed by atoms with Crippen LogP contribution in [0.2, 0.25) is 0 Å². The number of hydrogen-bond acceptors (Lipinski definition) is 3. The average molecular weight is 339 g/mol. The van der Waals surface area contributed by atoms with Gasteiger partial charge < -0.3 is 4.90 Å². The van der Waals surface area contributed by atoms with E-state index in [0.717, 1.165) is 0 Å². The van der Waals surface area contributed by atoms with Gasteiger partial charge in [0, 0.05) is 13.1 Å². The summed E-state index contributed by atoms with van der Waals surface area (Å²) < 4.78 is 62.2. The van der Waals surface area contributed by atoms with Crippen molar-refractivity contribution in [3.63, 3.8) is 0 Å². The summed E-state index contributed by atoms with van der Waals surface area (Å²) in [6.07, 6.45) is -3.33. The molecule has 0 saturated carbocycles. The van der Waals surface area contributed by atoms with E-state index in [1.54, 1.807) is 13.8 Å². The highest BCUT2D eigenvalue weighted by Gasteiger charge is 2.39. The Morgan fingerprint density at radius 1 is 1.27 bits per heavy atom. The van der Waals surface area contributed by atoms with Gasteiger partial charge in [-0.05, 0) is 18.4 Å². The molecule has 1 fully saturated rings. The van der Waals surface area contributed by atoms with Crippen LogP contribution in [0.4, 0.5) is 13.2 Å². The Balaban J connectivity index is 3.05. The second-order valence-electron chi connectivity index (χ2n) is 5.32. The average Bonchev–Trinajstić information content (AvgIpc) is 2.36. The van der Waals surface area contributed by atoms with E-state index < -0.39 is 27.7 Å². The quantitative estimate of drug-likeness (QED) is 0.619. The van der Waals surface area contributed by atoms with Gasteiger partial charge in [-0.15, -0.1) is 0 Å². The topological polar surface area (TPSA) is 73.6 Å². The summed E-state index contributed by atoms with van der Waals surface area (Å²) in [5.74, 6) is -1.29. The van der Waals surface area contributed by atoms with Gasteiger partial charge in [0.1, 0.15) is 0 Å². The van der Waals surface area contributed by atoms with E-state index in [-0.39, 0.29) is 36.1 Å². The summed E-state index contributed by atoms with van der Waals surface area (Å²) >= 11 is 0. The molecule has 1 aliphatic heterocycles. The predicted molar refractivity (Wildman–Crippen MR) is 80.0 cm³/mol. The molecule has 0 bridgehead atoms. The second-order valence-corrected chi connectivity index (χ2v) is 7.62. The molecule has 22 heavy (non-hydrogen) atoms. The number of sulfone groups is 1. The van der Waals surface area contributed by atoms with Gasteiger partial charge in [-0.2, -0.15) is 13.2 Å². The van der Waals surface area contributed by atoms with Crippen LogP contribution in [0.25, 0.3) is 0 Å². The van der Waals surface area contributed by atoms with Crippen LogP contribution in [0.15, 0.2) is 16.6 Å². The number of hydrogen-bond donors (Lipinski definition) is 1. The van der Waals surface area contributed by atoms with Crippen molar-refractivity contribution in [3.05, 3.63) is 11.6 Å². The van der Waals surface area contributed by atoms with E-state index in [2.05, 4.69) is 4.99 Å². The van der Waals surface area contributed by atoms with Gasteiger partial charge in [-0.3, -0.25) is 5.41 Å². The molecule has 1 saturated heterocycles. The number of halogens is 3. The maximum Gasteiger partial charge on any atom is 0.433 e. The van der Waals surface area contributed by atoms with Crippen LogP contribution in [0.3, 0.4) is 0 Å². The lowest BCUT2D eigenvalue weighted by Crippen LogP contribution is -2.43. The Morgan fingerprint density at radius 2 is 1.77 bits per heavy atom. The first-order chi connectivity index (χ1) is 9.98. The molecule has 1 heterocycles. The van der Waals surface area contributed by atoms with Crippen molar-refractivity contribution in [2.45, 2.75) is 26.9 Å². The molecule has 126 valence electrons. The van der Waals surface area contributed by atoms with E-state index in [1.807, 2.05) is 0 Å². The highest BCUT2D eigenvalue weighted by atomic mass is 32.2. The summed E-state index contributed by atoms with van der Waals surface area (Å²) in [5.41, 5.74) is -1.08. The first-order valence-electron chi connectivity index (χ1n) is 6.84. The lowest BCUT2D eigenvalue weighted by molar-refractivity contribution is -0.0585. The van der Waals surface area contributed by atoms with E-state index >= 15 is 0 Å². The Morgan fingerprint density at radius 3 is 2.14 bits per heavy atom. The minimum Gasteiger partial charge on any atom is -0.339 e. The largest absolute Gasteiger partial charge is 0.433 e. The fourth-order valence-corrected chi connectivity index (χ4v) is 3.34. The molecule has 0 aromatic carbocycles. The zero-order valence-corrected chi connectivity index (χ0v) is 13.6. The smallest absolute Gasteiger partial charge is 0.339 e. The van der Waals surface area contributed by atoms with Gasteiger partial charge in [0.15, 0.2) is 15.5 Å². The number of nitrogens with zero attached hydrogens (tertiary/aromatic N) is 2. The molecule has 0 aromatic rings. The number of guanidine groups is 1. The van der Waals surface area contributed by atoms with Crippen molar-refractivity contribution in [1.29, 1.82) is 5.41 Å². The minimum absolute atomic E-state index is 0.0113. The molecule has 0 aromatic heterocycles. The molecule has 1 rings (SSSR count). The molecule has 0 atom stereocenters. The number of aliphatic imine (C=N–C) groups is 1. The molecule has 1 N–H and O–H groups in total. The van der Waals surface area contributed by atoms with Gasteiger partial charge in [-0.25, -0.2) is 13.4 Å². The summed E-state index contributed by atoms with van der Waals surface area (Å²) in [7, 11) is -3.16. The third-order valence-corrected chi connectivity index (χ3v) is 4.95. The molecule has 0 radical (unpaired) electrons. The van der Waals surface area contributed by atoms with Crippen molar-refractivity contribution in [3.8, 4) is 0 Å². The maximum absolute atomic E-state index is 13.2. The number of alkyl halides is 3. The molecular weight excluding hydrogens is 319 g/mol. The van der Waals surface area contributed by atoms with Crippen LogP contribution < -0.4 is 0 Å². The number of allylic oxidation sites excluding steroid dienone is 2. The Bertz CT molecular complexity index is 578. The van der Waals surface area contributed by atoms with E-state index in [4.69, 9.17) is 5.41 Å². The van der Waals surface area contributed by atoms with Crippen molar-refractivity contribution in [2.75, 3.05) is 24.6 Å². The third kappa shape index (κ3) is 4.82. The molecule has 0 aliphatic carbocycles. The normalized spacial score (nSPS) is 20.4. The van der Waals surface area contributed by atoms with Crippen molar-refractivity contribution in [1.82, 2.24) is 4.90 Å². The fraction of sp³-hybridized carbons (Fsp3) is 0.692. The van der Waals surface area contributed by atoms with Crippen LogP contribution in [-0.4, -0.2) is 55.8 Å². The Hall–Kier alpha value is -1.38. The monoisotopic (exact) mass is 339 g/mol. The van der Waals surface area contributed by atoms with Gasteiger partial charge in [0.05, 0.1) is 11.5 Å². The van der Waals surface area contributed by atoms with E-state index in [0.29, 0.717) is 0 Å². The first-order valence-corrected chi connectivity index (χ1v) is 8.66. The zero-order valence-electron chi connectivity index (χ0n) is 12.7. The fourth-order valence-electron chi connectivity index (χ4n) is 2.14. The summed E-state index contributed by atoms with van der Waals surface area (Å²) in [4.78, 5) is 4.70. The van der Waals surface area contributed by atoms with Crippen LogP contribution in [0.5, 0.6) is 0 Å². The molecule has 0 spiro atoms. The Kier molecular flexibility index (Phi) is 5.77. The molecule has 9 heteroatoms. The number of nitrogens with one attached hydrogen (secondary N) is 1. The van der Waals surface area contributed by atoms with Crippen molar-refractivity contribution in [2.24, 2.45) is 10.9 Å². The zero-order chi connectivity index (χ0) is 17.1. The molecule has 0 unspecified atom stereocenters. The van der Waals surface area contributed by atoms with Gasteiger partial charge in [0.25, 0.3) is 0 Å². The first kappa shape index (κ1) is 18.7. The van der Waals surface area contributed by atoms with Gasteiger partial charge in [0.2, 0.25) is 5.96 Å². The van der Waals surface area contributed by atoms with Crippen molar-refractivity contribution >= 4 is 21.5 Å². The van der Waals surface area contributed by atoms with Gasteiger partial charge in [-0.1, -0.05) is 19.9 Å². The highest BCUT2D eigenvalue weighted by molar-refractivity contribution is 7.91. The maximum atomic E-state index is 13.2.